The number of methoxy groups -OCH3 is 2. The van der Waals surface area contributed by atoms with Crippen molar-refractivity contribution < 1.29 is 28.1 Å². The fraction of sp³-hybridized carbons (Fsp3) is 0.278. The first-order valence-electron chi connectivity index (χ1n) is 7.94. The summed E-state index contributed by atoms with van der Waals surface area (Å²) in [5, 5.41) is 20.4. The number of hydrogen-bond donors (Lipinski definition) is 3. The van der Waals surface area contributed by atoms with E-state index in [0.29, 0.717) is 22.6 Å². The summed E-state index contributed by atoms with van der Waals surface area (Å²) >= 11 is 0. The van der Waals surface area contributed by atoms with Gasteiger partial charge in [0.05, 0.1) is 38.8 Å². The lowest BCUT2D eigenvalue weighted by atomic mass is 10.1. The number of phenols is 1. The summed E-state index contributed by atoms with van der Waals surface area (Å²) in [7, 11) is -0.484. The number of rotatable bonds is 8. The summed E-state index contributed by atoms with van der Waals surface area (Å²) in [5.74, 6) is 0.805. The number of nitrogens with zero attached hydrogens (tertiary/aromatic N) is 1. The minimum absolute atomic E-state index is 0.0403. The molecule has 27 heavy (non-hydrogen) atoms. The van der Waals surface area contributed by atoms with Crippen molar-refractivity contribution in [2.45, 2.75) is 6.10 Å². The largest absolute Gasteiger partial charge is 0.505 e. The minimum atomic E-state index is -3.52. The lowest BCUT2D eigenvalue weighted by Crippen LogP contribution is -2.10. The molecule has 9 heteroatoms. The van der Waals surface area contributed by atoms with Crippen LogP contribution in [0.1, 0.15) is 17.2 Å². The van der Waals surface area contributed by atoms with Gasteiger partial charge in [-0.25, -0.2) is 8.42 Å². The van der Waals surface area contributed by atoms with Crippen molar-refractivity contribution in [3.8, 4) is 17.2 Å². The predicted molar refractivity (Wildman–Crippen MR) is 104 cm³/mol. The zero-order valence-corrected chi connectivity index (χ0v) is 16.0. The van der Waals surface area contributed by atoms with E-state index < -0.39 is 16.1 Å². The van der Waals surface area contributed by atoms with Crippen LogP contribution in [0.25, 0.3) is 0 Å². The Morgan fingerprint density at radius 3 is 2.52 bits per heavy atom. The van der Waals surface area contributed by atoms with E-state index in [9.17, 15) is 18.6 Å². The predicted octanol–water partition coefficient (Wildman–Crippen LogP) is 1.93. The number of benzene rings is 2. The van der Waals surface area contributed by atoms with Crippen molar-refractivity contribution in [2.75, 3.05) is 31.7 Å². The van der Waals surface area contributed by atoms with Crippen molar-refractivity contribution in [1.29, 1.82) is 0 Å². The van der Waals surface area contributed by atoms with Crippen LogP contribution >= 0.6 is 0 Å². The molecule has 2 rings (SSSR count). The molecule has 0 bridgehead atoms. The van der Waals surface area contributed by atoms with E-state index in [1.165, 1.54) is 26.5 Å². The number of nitrogens with one attached hydrogen (secondary N) is 1. The molecule has 0 saturated carbocycles. The number of aliphatic imine (C=N–C) groups is 1. The first kappa shape index (κ1) is 20.5. The van der Waals surface area contributed by atoms with Crippen LogP contribution in [0.3, 0.4) is 0 Å². The quantitative estimate of drug-likeness (QED) is 0.465. The summed E-state index contributed by atoms with van der Waals surface area (Å²) in [6, 6.07) is 9.65. The molecule has 0 amide bonds. The van der Waals surface area contributed by atoms with Gasteiger partial charge in [0.25, 0.3) is 0 Å². The molecule has 2 aromatic rings. The van der Waals surface area contributed by atoms with Crippen LogP contribution in [0.2, 0.25) is 0 Å². The Bertz CT molecular complexity index is 927. The van der Waals surface area contributed by atoms with Gasteiger partial charge in [-0.1, -0.05) is 12.1 Å². The molecule has 0 aromatic heterocycles. The topological polar surface area (TPSA) is 117 Å². The van der Waals surface area contributed by atoms with Gasteiger partial charge in [0.2, 0.25) is 10.0 Å². The van der Waals surface area contributed by atoms with E-state index in [0.717, 1.165) is 6.26 Å². The molecule has 1 unspecified atom stereocenters. The van der Waals surface area contributed by atoms with E-state index in [-0.39, 0.29) is 18.0 Å². The lowest BCUT2D eigenvalue weighted by Gasteiger charge is -2.12. The Morgan fingerprint density at radius 1 is 1.19 bits per heavy atom. The Kier molecular flexibility index (Phi) is 6.65. The number of hydrogen-bond acceptors (Lipinski definition) is 7. The molecular formula is C18H22N2O6S. The second-order valence-electron chi connectivity index (χ2n) is 5.74. The molecule has 146 valence electrons. The number of phenolic OH excluding ortho intramolecular Hbond substituents is 1. The van der Waals surface area contributed by atoms with E-state index in [1.54, 1.807) is 30.3 Å². The number of aromatic hydroxyl groups is 1. The van der Waals surface area contributed by atoms with Crippen molar-refractivity contribution in [2.24, 2.45) is 4.99 Å². The average Bonchev–Trinajstić information content (AvgIpc) is 2.62. The molecule has 0 aliphatic heterocycles. The monoisotopic (exact) mass is 394 g/mol. The highest BCUT2D eigenvalue weighted by atomic mass is 32.2. The molecule has 0 aliphatic carbocycles. The summed E-state index contributed by atoms with van der Waals surface area (Å²) in [6.07, 6.45) is 1.47. The number of sulfonamides is 1. The highest BCUT2D eigenvalue weighted by molar-refractivity contribution is 7.92. The fourth-order valence-corrected chi connectivity index (χ4v) is 2.93. The van der Waals surface area contributed by atoms with Crippen LogP contribution in [0.15, 0.2) is 41.4 Å². The third-order valence-corrected chi connectivity index (χ3v) is 4.25. The Labute approximate surface area is 158 Å². The van der Waals surface area contributed by atoms with Crippen LogP contribution in [0, 0.1) is 0 Å². The van der Waals surface area contributed by atoms with Gasteiger partial charge in [-0.2, -0.15) is 0 Å². The van der Waals surface area contributed by atoms with Gasteiger partial charge >= 0.3 is 0 Å². The van der Waals surface area contributed by atoms with Crippen molar-refractivity contribution >= 4 is 21.9 Å². The fourth-order valence-electron chi connectivity index (χ4n) is 2.36. The second kappa shape index (κ2) is 8.74. The third-order valence-electron chi connectivity index (χ3n) is 3.66. The van der Waals surface area contributed by atoms with Crippen LogP contribution in [0.4, 0.5) is 5.69 Å². The van der Waals surface area contributed by atoms with Gasteiger partial charge < -0.3 is 19.7 Å². The zero-order valence-electron chi connectivity index (χ0n) is 15.2. The van der Waals surface area contributed by atoms with E-state index in [1.807, 2.05) is 0 Å². The molecule has 2 aromatic carbocycles. The van der Waals surface area contributed by atoms with Gasteiger partial charge in [-0.3, -0.25) is 9.71 Å². The Hall–Kier alpha value is -2.78. The minimum Gasteiger partial charge on any atom is -0.505 e. The molecule has 3 N–H and O–H groups in total. The molecule has 0 radical (unpaired) electrons. The number of aliphatic hydroxyl groups is 1. The van der Waals surface area contributed by atoms with Gasteiger partial charge in [0, 0.05) is 11.8 Å². The molecule has 0 fully saturated rings. The Morgan fingerprint density at radius 2 is 1.89 bits per heavy atom. The normalized spacial score (nSPS) is 12.7. The Balaban J connectivity index is 2.12. The van der Waals surface area contributed by atoms with E-state index >= 15 is 0 Å². The molecular weight excluding hydrogens is 372 g/mol. The average molecular weight is 394 g/mol. The smallest absolute Gasteiger partial charge is 0.229 e. The standard InChI is InChI=1S/C18H22N2O6S/c1-25-16-8-7-12(9-17(16)26-2)15(21)11-19-10-13-5-4-6-14(18(13)22)20-27(3,23)24/h4-10,15,20-22H,11H2,1-3H3. The number of para-hydroxylation sites is 1. The van der Waals surface area contributed by atoms with Gasteiger partial charge in [0.1, 0.15) is 5.75 Å². The van der Waals surface area contributed by atoms with E-state index in [4.69, 9.17) is 9.47 Å². The highest BCUT2D eigenvalue weighted by Crippen LogP contribution is 2.30. The van der Waals surface area contributed by atoms with Gasteiger partial charge in [0.15, 0.2) is 11.5 Å². The molecule has 8 nitrogen and oxygen atoms in total. The molecule has 0 spiro atoms. The van der Waals surface area contributed by atoms with E-state index in [2.05, 4.69) is 9.71 Å². The zero-order chi connectivity index (χ0) is 20.0. The molecule has 0 heterocycles. The van der Waals surface area contributed by atoms with Crippen molar-refractivity contribution in [3.63, 3.8) is 0 Å². The number of ether oxygens (including phenoxy) is 2. The molecule has 0 saturated heterocycles. The van der Waals surface area contributed by atoms with Crippen molar-refractivity contribution in [1.82, 2.24) is 0 Å². The van der Waals surface area contributed by atoms with Crippen LogP contribution in [-0.4, -0.2) is 51.9 Å². The van der Waals surface area contributed by atoms with Crippen LogP contribution in [0.5, 0.6) is 17.2 Å². The van der Waals surface area contributed by atoms with Gasteiger partial charge in [-0.15, -0.1) is 0 Å². The summed E-state index contributed by atoms with van der Waals surface area (Å²) in [6.45, 7) is 0.0403. The summed E-state index contributed by atoms with van der Waals surface area (Å²) in [4.78, 5) is 4.13. The third kappa shape index (κ3) is 5.60. The number of anilines is 1. The van der Waals surface area contributed by atoms with Gasteiger partial charge in [-0.05, 0) is 29.8 Å². The summed E-state index contributed by atoms with van der Waals surface area (Å²) in [5.41, 5.74) is 0.978. The van der Waals surface area contributed by atoms with Crippen LogP contribution < -0.4 is 14.2 Å². The second-order valence-corrected chi connectivity index (χ2v) is 7.49. The highest BCUT2D eigenvalue weighted by Gasteiger charge is 2.12. The molecule has 0 aliphatic rings. The van der Waals surface area contributed by atoms with Crippen LogP contribution in [-0.2, 0) is 10.0 Å². The maximum absolute atomic E-state index is 11.3. The summed E-state index contributed by atoms with van der Waals surface area (Å²) < 4.78 is 35.2. The number of aliphatic hydroxyl groups excluding tert-OH is 1. The first-order chi connectivity index (χ1) is 12.7. The molecule has 1 atom stereocenters. The lowest BCUT2D eigenvalue weighted by molar-refractivity contribution is 0.187. The maximum Gasteiger partial charge on any atom is 0.229 e. The SMILES string of the molecule is COc1ccc(C(O)CN=Cc2cccc(NS(C)(=O)=O)c2O)cc1OC. The maximum atomic E-state index is 11.3. The first-order valence-corrected chi connectivity index (χ1v) is 9.84. The van der Waals surface area contributed by atoms with Crippen molar-refractivity contribution in [3.05, 3.63) is 47.5 Å².